The highest BCUT2D eigenvalue weighted by Gasteiger charge is 2.19. The summed E-state index contributed by atoms with van der Waals surface area (Å²) in [7, 11) is 0. The van der Waals surface area contributed by atoms with E-state index in [-0.39, 0.29) is 11.7 Å². The Morgan fingerprint density at radius 2 is 1.94 bits per heavy atom. The largest absolute Gasteiger partial charge is 0.342 e. The van der Waals surface area contributed by atoms with E-state index in [1.807, 2.05) is 0 Å². The van der Waals surface area contributed by atoms with E-state index in [4.69, 9.17) is 0 Å². The van der Waals surface area contributed by atoms with E-state index in [1.165, 1.54) is 0 Å². The average molecular weight is 222 g/mol. The molecule has 1 N–H and O–H groups in total. The van der Waals surface area contributed by atoms with Gasteiger partial charge in [0.25, 0.3) is 0 Å². The summed E-state index contributed by atoms with van der Waals surface area (Å²) in [6, 6.07) is 0. The van der Waals surface area contributed by atoms with Crippen LogP contribution in [0, 0.1) is 5.92 Å². The first-order chi connectivity index (χ1) is 7.79. The highest BCUT2D eigenvalue weighted by molar-refractivity contribution is 5.95. The molecule has 0 amide bonds. The molecule has 0 radical (unpaired) electrons. The summed E-state index contributed by atoms with van der Waals surface area (Å²) in [6.07, 6.45) is 9.79. The van der Waals surface area contributed by atoms with Gasteiger partial charge in [-0.1, -0.05) is 39.5 Å². The number of aromatic amines is 1. The van der Waals surface area contributed by atoms with Gasteiger partial charge in [-0.3, -0.25) is 4.79 Å². The van der Waals surface area contributed by atoms with Crippen LogP contribution in [0.1, 0.15) is 62.9 Å². The van der Waals surface area contributed by atoms with Crippen molar-refractivity contribution in [1.82, 2.24) is 9.97 Å². The third kappa shape index (κ3) is 3.80. The Balaban J connectivity index is 2.56. The summed E-state index contributed by atoms with van der Waals surface area (Å²) in [5, 5.41) is 0. The third-order valence-electron chi connectivity index (χ3n) is 2.95. The quantitative estimate of drug-likeness (QED) is 0.683. The Bertz CT molecular complexity index is 285. The molecule has 0 atom stereocenters. The molecule has 0 spiro atoms. The Hall–Kier alpha value is -1.12. The Kier molecular flexibility index (Phi) is 5.83. The SMILES string of the molecule is CCCCC(CCCC)C(=O)c1cnc[nH]1. The van der Waals surface area contributed by atoms with Crippen molar-refractivity contribution in [3.8, 4) is 0 Å². The molecule has 0 aliphatic carbocycles. The minimum atomic E-state index is 0.181. The predicted molar refractivity (Wildman–Crippen MR) is 65.5 cm³/mol. The van der Waals surface area contributed by atoms with Crippen LogP contribution in [0.15, 0.2) is 12.5 Å². The summed E-state index contributed by atoms with van der Waals surface area (Å²) in [5.74, 6) is 0.416. The number of carbonyl (C=O) groups excluding carboxylic acids is 1. The van der Waals surface area contributed by atoms with Crippen LogP contribution in [-0.4, -0.2) is 15.8 Å². The topological polar surface area (TPSA) is 45.8 Å². The van der Waals surface area contributed by atoms with Crippen LogP contribution in [0.4, 0.5) is 0 Å². The predicted octanol–water partition coefficient (Wildman–Crippen LogP) is 3.59. The van der Waals surface area contributed by atoms with Gasteiger partial charge in [0.15, 0.2) is 5.78 Å². The van der Waals surface area contributed by atoms with Crippen LogP contribution in [-0.2, 0) is 0 Å². The van der Waals surface area contributed by atoms with Crippen LogP contribution < -0.4 is 0 Å². The lowest BCUT2D eigenvalue weighted by Gasteiger charge is -2.13. The number of hydrogen-bond acceptors (Lipinski definition) is 2. The number of ketones is 1. The number of rotatable bonds is 8. The normalized spacial score (nSPS) is 10.9. The maximum absolute atomic E-state index is 12.1. The number of H-pyrrole nitrogens is 1. The number of hydrogen-bond donors (Lipinski definition) is 1. The maximum atomic E-state index is 12.1. The number of aromatic nitrogens is 2. The molecule has 0 saturated carbocycles. The number of imidazole rings is 1. The monoisotopic (exact) mass is 222 g/mol. The van der Waals surface area contributed by atoms with Gasteiger partial charge < -0.3 is 4.98 Å². The first-order valence-corrected chi connectivity index (χ1v) is 6.32. The molecule has 0 unspecified atom stereocenters. The van der Waals surface area contributed by atoms with Crippen LogP contribution >= 0.6 is 0 Å². The molecule has 0 aliphatic rings. The van der Waals surface area contributed by atoms with Gasteiger partial charge in [-0.05, 0) is 12.8 Å². The first-order valence-electron chi connectivity index (χ1n) is 6.32. The van der Waals surface area contributed by atoms with Crippen LogP contribution in [0.3, 0.4) is 0 Å². The molecule has 0 aliphatic heterocycles. The minimum Gasteiger partial charge on any atom is -0.342 e. The smallest absolute Gasteiger partial charge is 0.183 e. The van der Waals surface area contributed by atoms with Crippen molar-refractivity contribution in [1.29, 1.82) is 0 Å². The Morgan fingerprint density at radius 1 is 1.31 bits per heavy atom. The average Bonchev–Trinajstić information content (AvgIpc) is 2.82. The number of carbonyl (C=O) groups is 1. The zero-order chi connectivity index (χ0) is 11.8. The fourth-order valence-electron chi connectivity index (χ4n) is 1.92. The van der Waals surface area contributed by atoms with Crippen molar-refractivity contribution >= 4 is 5.78 Å². The minimum absolute atomic E-state index is 0.181. The molecule has 90 valence electrons. The summed E-state index contributed by atoms with van der Waals surface area (Å²) >= 11 is 0. The summed E-state index contributed by atoms with van der Waals surface area (Å²) in [4.78, 5) is 19.0. The van der Waals surface area contributed by atoms with Gasteiger partial charge in [0.05, 0.1) is 12.5 Å². The second-order valence-corrected chi connectivity index (χ2v) is 4.31. The van der Waals surface area contributed by atoms with Gasteiger partial charge >= 0.3 is 0 Å². The second-order valence-electron chi connectivity index (χ2n) is 4.31. The van der Waals surface area contributed by atoms with Crippen molar-refractivity contribution in [2.75, 3.05) is 0 Å². The molecule has 0 fully saturated rings. The van der Waals surface area contributed by atoms with Crippen LogP contribution in [0.2, 0.25) is 0 Å². The van der Waals surface area contributed by atoms with E-state index in [2.05, 4.69) is 23.8 Å². The zero-order valence-corrected chi connectivity index (χ0v) is 10.3. The molecule has 3 nitrogen and oxygen atoms in total. The van der Waals surface area contributed by atoms with Crippen LogP contribution in [0.25, 0.3) is 0 Å². The van der Waals surface area contributed by atoms with Gasteiger partial charge in [0.2, 0.25) is 0 Å². The summed E-state index contributed by atoms with van der Waals surface area (Å²) in [5.41, 5.74) is 0.664. The molecule has 16 heavy (non-hydrogen) atoms. The molecule has 3 heteroatoms. The number of nitrogens with one attached hydrogen (secondary N) is 1. The molecule has 1 aromatic heterocycles. The molecular weight excluding hydrogens is 200 g/mol. The van der Waals surface area contributed by atoms with Gasteiger partial charge in [0.1, 0.15) is 5.69 Å². The molecule has 1 heterocycles. The van der Waals surface area contributed by atoms with E-state index in [0.717, 1.165) is 38.5 Å². The highest BCUT2D eigenvalue weighted by Crippen LogP contribution is 2.20. The zero-order valence-electron chi connectivity index (χ0n) is 10.3. The second kappa shape index (κ2) is 7.20. The lowest BCUT2D eigenvalue weighted by Crippen LogP contribution is -2.15. The van der Waals surface area contributed by atoms with Gasteiger partial charge in [-0.2, -0.15) is 0 Å². The summed E-state index contributed by atoms with van der Waals surface area (Å²) in [6.45, 7) is 4.33. The maximum Gasteiger partial charge on any atom is 0.183 e. The fraction of sp³-hybridized carbons (Fsp3) is 0.692. The van der Waals surface area contributed by atoms with E-state index >= 15 is 0 Å². The van der Waals surface area contributed by atoms with Gasteiger partial charge in [-0.25, -0.2) is 4.98 Å². The number of nitrogens with zero attached hydrogens (tertiary/aromatic N) is 1. The van der Waals surface area contributed by atoms with Crippen molar-refractivity contribution in [2.45, 2.75) is 52.4 Å². The van der Waals surface area contributed by atoms with Crippen LogP contribution in [0.5, 0.6) is 0 Å². The molecule has 0 aromatic carbocycles. The molecular formula is C13H22N2O. The summed E-state index contributed by atoms with van der Waals surface area (Å²) < 4.78 is 0. The molecule has 1 aromatic rings. The van der Waals surface area contributed by atoms with Gasteiger partial charge in [-0.15, -0.1) is 0 Å². The van der Waals surface area contributed by atoms with Crippen molar-refractivity contribution in [2.24, 2.45) is 5.92 Å². The Labute approximate surface area is 97.7 Å². The van der Waals surface area contributed by atoms with E-state index < -0.39 is 0 Å². The number of unbranched alkanes of at least 4 members (excludes halogenated alkanes) is 2. The van der Waals surface area contributed by atoms with Crippen molar-refractivity contribution < 1.29 is 4.79 Å². The Morgan fingerprint density at radius 3 is 2.38 bits per heavy atom. The first kappa shape index (κ1) is 12.9. The molecule has 1 rings (SSSR count). The molecule has 0 saturated heterocycles. The third-order valence-corrected chi connectivity index (χ3v) is 2.95. The van der Waals surface area contributed by atoms with Crippen molar-refractivity contribution in [3.05, 3.63) is 18.2 Å². The lowest BCUT2D eigenvalue weighted by atomic mass is 9.91. The van der Waals surface area contributed by atoms with E-state index in [0.29, 0.717) is 5.69 Å². The molecule has 0 bridgehead atoms. The van der Waals surface area contributed by atoms with Gasteiger partial charge in [0, 0.05) is 5.92 Å². The van der Waals surface area contributed by atoms with E-state index in [1.54, 1.807) is 12.5 Å². The number of Topliss-reactive ketones (excluding diaryl/α,β-unsaturated/α-hetero) is 1. The van der Waals surface area contributed by atoms with Crippen molar-refractivity contribution in [3.63, 3.8) is 0 Å². The highest BCUT2D eigenvalue weighted by atomic mass is 16.1. The van der Waals surface area contributed by atoms with E-state index in [9.17, 15) is 4.79 Å². The standard InChI is InChI=1S/C13H22N2O/c1-3-5-7-11(8-6-4-2)13(16)12-9-14-10-15-12/h9-11H,3-8H2,1-2H3,(H,14,15). The lowest BCUT2D eigenvalue weighted by molar-refractivity contribution is 0.0898. The fourth-order valence-corrected chi connectivity index (χ4v) is 1.92.